The summed E-state index contributed by atoms with van der Waals surface area (Å²) < 4.78 is 0. The first kappa shape index (κ1) is 15.4. The van der Waals surface area contributed by atoms with E-state index in [9.17, 15) is 4.79 Å². The lowest BCUT2D eigenvalue weighted by Gasteiger charge is -2.36. The molecular formula is C18H21N3O2. The highest BCUT2D eigenvalue weighted by Gasteiger charge is 2.17. The van der Waals surface area contributed by atoms with Crippen molar-refractivity contribution in [2.75, 3.05) is 36.4 Å². The first-order valence-corrected chi connectivity index (χ1v) is 7.82. The summed E-state index contributed by atoms with van der Waals surface area (Å²) >= 11 is 0. The van der Waals surface area contributed by atoms with Gasteiger partial charge in [-0.2, -0.15) is 0 Å². The molecule has 0 saturated carbocycles. The Kier molecular flexibility index (Phi) is 4.78. The summed E-state index contributed by atoms with van der Waals surface area (Å²) in [5.41, 5.74) is 3.09. The minimum atomic E-state index is -1.03. The molecule has 1 aliphatic rings. The third kappa shape index (κ3) is 4.23. The van der Waals surface area contributed by atoms with E-state index in [1.54, 1.807) is 12.1 Å². The molecule has 1 saturated heterocycles. The van der Waals surface area contributed by atoms with E-state index in [2.05, 4.69) is 39.4 Å². The largest absolute Gasteiger partial charge is 0.465 e. The lowest BCUT2D eigenvalue weighted by atomic mass is 10.2. The van der Waals surface area contributed by atoms with Crippen LogP contribution in [0.15, 0.2) is 54.6 Å². The number of amides is 1. The number of rotatable bonds is 4. The van der Waals surface area contributed by atoms with Gasteiger partial charge in [0.15, 0.2) is 0 Å². The second kappa shape index (κ2) is 7.15. The highest BCUT2D eigenvalue weighted by Crippen LogP contribution is 2.20. The van der Waals surface area contributed by atoms with Gasteiger partial charge in [-0.05, 0) is 29.8 Å². The Hall–Kier alpha value is -2.53. The van der Waals surface area contributed by atoms with Crippen molar-refractivity contribution >= 4 is 17.5 Å². The van der Waals surface area contributed by atoms with Crippen LogP contribution in [0, 0.1) is 0 Å². The van der Waals surface area contributed by atoms with Crippen molar-refractivity contribution in [3.63, 3.8) is 0 Å². The lowest BCUT2D eigenvalue weighted by Crippen LogP contribution is -2.45. The van der Waals surface area contributed by atoms with Gasteiger partial charge in [0.1, 0.15) is 0 Å². The molecule has 1 fully saturated rings. The molecule has 0 atom stereocenters. The van der Waals surface area contributed by atoms with Crippen LogP contribution in [0.3, 0.4) is 0 Å². The van der Waals surface area contributed by atoms with Gasteiger partial charge in [-0.15, -0.1) is 0 Å². The van der Waals surface area contributed by atoms with E-state index in [-0.39, 0.29) is 0 Å². The zero-order valence-electron chi connectivity index (χ0n) is 13.0. The number of carboxylic acid groups (broad SMARTS) is 1. The van der Waals surface area contributed by atoms with Gasteiger partial charge in [0, 0.05) is 44.1 Å². The molecule has 5 nitrogen and oxygen atoms in total. The standard InChI is InChI=1S/C18H21N3O2/c22-18(23)19-16-6-8-17(9-7-16)21-12-10-20(11-13-21)14-15-4-2-1-3-5-15/h1-9,19H,10-14H2,(H,22,23). The molecule has 3 rings (SSSR count). The average molecular weight is 311 g/mol. The van der Waals surface area contributed by atoms with Crippen LogP contribution in [0.25, 0.3) is 0 Å². The Morgan fingerprint density at radius 3 is 2.22 bits per heavy atom. The monoisotopic (exact) mass is 311 g/mol. The zero-order valence-corrected chi connectivity index (χ0v) is 13.0. The van der Waals surface area contributed by atoms with Crippen molar-refractivity contribution in [2.45, 2.75) is 6.54 Å². The molecule has 1 aliphatic heterocycles. The molecule has 23 heavy (non-hydrogen) atoms. The van der Waals surface area contributed by atoms with E-state index >= 15 is 0 Å². The fraction of sp³-hybridized carbons (Fsp3) is 0.278. The Morgan fingerprint density at radius 1 is 0.957 bits per heavy atom. The number of piperazine rings is 1. The van der Waals surface area contributed by atoms with Crippen LogP contribution < -0.4 is 10.2 Å². The Morgan fingerprint density at radius 2 is 1.61 bits per heavy atom. The molecule has 1 amide bonds. The summed E-state index contributed by atoms with van der Waals surface area (Å²) in [6.45, 7) is 5.03. The van der Waals surface area contributed by atoms with Crippen molar-refractivity contribution in [3.05, 3.63) is 60.2 Å². The van der Waals surface area contributed by atoms with E-state index in [0.717, 1.165) is 38.4 Å². The van der Waals surface area contributed by atoms with Crippen LogP contribution in [0.2, 0.25) is 0 Å². The Balaban J connectivity index is 1.53. The molecule has 2 N–H and O–H groups in total. The van der Waals surface area contributed by atoms with Crippen LogP contribution in [0.1, 0.15) is 5.56 Å². The van der Waals surface area contributed by atoms with Crippen LogP contribution in [0.5, 0.6) is 0 Å². The van der Waals surface area contributed by atoms with Gasteiger partial charge in [0.2, 0.25) is 0 Å². The molecule has 0 bridgehead atoms. The zero-order chi connectivity index (χ0) is 16.1. The average Bonchev–Trinajstić information content (AvgIpc) is 2.57. The molecule has 0 spiro atoms. The molecule has 120 valence electrons. The highest BCUT2D eigenvalue weighted by atomic mass is 16.4. The Bertz CT molecular complexity index is 635. The highest BCUT2D eigenvalue weighted by molar-refractivity contribution is 5.83. The maximum absolute atomic E-state index is 10.6. The second-order valence-electron chi connectivity index (χ2n) is 5.73. The first-order chi connectivity index (χ1) is 11.2. The van der Waals surface area contributed by atoms with Gasteiger partial charge in [-0.1, -0.05) is 30.3 Å². The van der Waals surface area contributed by atoms with E-state index in [1.807, 2.05) is 18.2 Å². The van der Waals surface area contributed by atoms with Crippen molar-refractivity contribution in [1.29, 1.82) is 0 Å². The lowest BCUT2D eigenvalue weighted by molar-refractivity contribution is 0.210. The number of hydrogen-bond donors (Lipinski definition) is 2. The topological polar surface area (TPSA) is 55.8 Å². The number of hydrogen-bond acceptors (Lipinski definition) is 3. The number of nitrogens with one attached hydrogen (secondary N) is 1. The number of benzene rings is 2. The van der Waals surface area contributed by atoms with Gasteiger partial charge < -0.3 is 10.0 Å². The number of carbonyl (C=O) groups is 1. The minimum absolute atomic E-state index is 0.601. The Labute approximate surface area is 136 Å². The molecule has 1 heterocycles. The van der Waals surface area contributed by atoms with E-state index in [4.69, 9.17) is 5.11 Å². The molecule has 0 aliphatic carbocycles. The normalized spacial score (nSPS) is 15.4. The summed E-state index contributed by atoms with van der Waals surface area (Å²) in [5.74, 6) is 0. The molecule has 2 aromatic carbocycles. The minimum Gasteiger partial charge on any atom is -0.465 e. The van der Waals surface area contributed by atoms with Gasteiger partial charge in [-0.3, -0.25) is 10.2 Å². The number of anilines is 2. The maximum Gasteiger partial charge on any atom is 0.409 e. The van der Waals surface area contributed by atoms with Crippen molar-refractivity contribution in [1.82, 2.24) is 4.90 Å². The van der Waals surface area contributed by atoms with Crippen molar-refractivity contribution < 1.29 is 9.90 Å². The molecular weight excluding hydrogens is 290 g/mol. The van der Waals surface area contributed by atoms with Crippen molar-refractivity contribution in [3.8, 4) is 0 Å². The fourth-order valence-corrected chi connectivity index (χ4v) is 2.88. The van der Waals surface area contributed by atoms with E-state index < -0.39 is 6.09 Å². The van der Waals surface area contributed by atoms with Crippen LogP contribution in [-0.2, 0) is 6.54 Å². The summed E-state index contributed by atoms with van der Waals surface area (Å²) in [6, 6.07) is 18.1. The predicted molar refractivity (Wildman–Crippen MR) is 92.0 cm³/mol. The molecule has 0 radical (unpaired) electrons. The molecule has 2 aromatic rings. The first-order valence-electron chi connectivity index (χ1n) is 7.82. The maximum atomic E-state index is 10.6. The third-order valence-corrected chi connectivity index (χ3v) is 4.11. The van der Waals surface area contributed by atoms with Crippen LogP contribution in [0.4, 0.5) is 16.2 Å². The summed E-state index contributed by atoms with van der Waals surface area (Å²) in [4.78, 5) is 15.4. The molecule has 0 unspecified atom stereocenters. The molecule has 5 heteroatoms. The fourth-order valence-electron chi connectivity index (χ4n) is 2.88. The van der Waals surface area contributed by atoms with Gasteiger partial charge in [0.05, 0.1) is 0 Å². The second-order valence-corrected chi connectivity index (χ2v) is 5.73. The quantitative estimate of drug-likeness (QED) is 0.911. The smallest absolute Gasteiger partial charge is 0.409 e. The van der Waals surface area contributed by atoms with Crippen molar-refractivity contribution in [2.24, 2.45) is 0 Å². The van der Waals surface area contributed by atoms with Gasteiger partial charge >= 0.3 is 6.09 Å². The van der Waals surface area contributed by atoms with Gasteiger partial charge in [0.25, 0.3) is 0 Å². The number of nitrogens with zero attached hydrogens (tertiary/aromatic N) is 2. The van der Waals surface area contributed by atoms with Crippen LogP contribution in [-0.4, -0.2) is 42.3 Å². The summed E-state index contributed by atoms with van der Waals surface area (Å²) in [6.07, 6.45) is -1.03. The SMILES string of the molecule is O=C(O)Nc1ccc(N2CCN(Cc3ccccc3)CC2)cc1. The summed E-state index contributed by atoms with van der Waals surface area (Å²) in [7, 11) is 0. The van der Waals surface area contributed by atoms with Gasteiger partial charge in [-0.25, -0.2) is 4.79 Å². The van der Waals surface area contributed by atoms with Crippen LogP contribution >= 0.6 is 0 Å². The third-order valence-electron chi connectivity index (χ3n) is 4.11. The summed E-state index contributed by atoms with van der Waals surface area (Å²) in [5, 5.41) is 11.1. The molecule has 0 aromatic heterocycles. The predicted octanol–water partition coefficient (Wildman–Crippen LogP) is 3.10. The van der Waals surface area contributed by atoms with E-state index in [0.29, 0.717) is 5.69 Å². The van der Waals surface area contributed by atoms with E-state index in [1.165, 1.54) is 5.56 Å².